The lowest BCUT2D eigenvalue weighted by atomic mass is 9.95. The fourth-order valence-corrected chi connectivity index (χ4v) is 3.52. The Morgan fingerprint density at radius 1 is 1.14 bits per heavy atom. The number of amides is 2. The molecule has 0 radical (unpaired) electrons. The van der Waals surface area contributed by atoms with Crippen LogP contribution in [0.4, 0.5) is 0 Å². The van der Waals surface area contributed by atoms with E-state index in [0.717, 1.165) is 24.0 Å². The number of nitriles is 1. The molecule has 3 rings (SSSR count). The quantitative estimate of drug-likeness (QED) is 0.887. The van der Waals surface area contributed by atoms with Crippen molar-refractivity contribution in [2.45, 2.75) is 32.7 Å². The van der Waals surface area contributed by atoms with Crippen LogP contribution in [0.1, 0.15) is 52.9 Å². The zero-order chi connectivity index (χ0) is 20.1. The Balaban J connectivity index is 1.61. The highest BCUT2D eigenvalue weighted by molar-refractivity contribution is 5.94. The highest BCUT2D eigenvalue weighted by Gasteiger charge is 2.29. The van der Waals surface area contributed by atoms with Gasteiger partial charge in [-0.2, -0.15) is 5.26 Å². The lowest BCUT2D eigenvalue weighted by molar-refractivity contribution is -0.127. The van der Waals surface area contributed by atoms with Gasteiger partial charge in [0, 0.05) is 18.7 Å². The zero-order valence-corrected chi connectivity index (χ0v) is 16.3. The van der Waals surface area contributed by atoms with Crippen LogP contribution < -0.4 is 5.32 Å². The molecule has 2 amide bonds. The van der Waals surface area contributed by atoms with Crippen molar-refractivity contribution >= 4 is 11.8 Å². The monoisotopic (exact) mass is 375 g/mol. The summed E-state index contributed by atoms with van der Waals surface area (Å²) in [7, 11) is 0. The van der Waals surface area contributed by atoms with E-state index >= 15 is 0 Å². The Morgan fingerprint density at radius 3 is 2.46 bits per heavy atom. The van der Waals surface area contributed by atoms with E-state index in [1.165, 1.54) is 0 Å². The Kier molecular flexibility index (Phi) is 6.10. The van der Waals surface area contributed by atoms with E-state index in [-0.39, 0.29) is 23.8 Å². The molecule has 2 atom stereocenters. The van der Waals surface area contributed by atoms with Gasteiger partial charge in [-0.25, -0.2) is 0 Å². The lowest BCUT2D eigenvalue weighted by Crippen LogP contribution is -2.45. The maximum atomic E-state index is 12.8. The third-order valence-corrected chi connectivity index (χ3v) is 5.28. The summed E-state index contributed by atoms with van der Waals surface area (Å²) in [6.07, 6.45) is 1.60. The molecule has 5 nitrogen and oxygen atoms in total. The van der Waals surface area contributed by atoms with Gasteiger partial charge in [0.15, 0.2) is 0 Å². The summed E-state index contributed by atoms with van der Waals surface area (Å²) in [5.41, 5.74) is 3.33. The summed E-state index contributed by atoms with van der Waals surface area (Å²) in [4.78, 5) is 27.3. The smallest absolute Gasteiger partial charge is 0.253 e. The number of benzene rings is 2. The van der Waals surface area contributed by atoms with Crippen LogP contribution in [0.5, 0.6) is 0 Å². The van der Waals surface area contributed by atoms with Crippen molar-refractivity contribution in [3.8, 4) is 6.07 Å². The molecule has 5 heteroatoms. The average molecular weight is 375 g/mol. The standard InChI is InChI=1S/C23H25N3O2/c1-16-5-9-20(10-6-16)23(28)26-13-3-4-21(15-26)22(27)25-17(2)19-11-7-18(14-24)8-12-19/h5-12,17,21H,3-4,13,15H2,1-2H3,(H,25,27). The Labute approximate surface area is 166 Å². The number of hydrogen-bond donors (Lipinski definition) is 1. The molecule has 28 heavy (non-hydrogen) atoms. The fourth-order valence-electron chi connectivity index (χ4n) is 3.52. The SMILES string of the molecule is Cc1ccc(C(=O)N2CCCC(C(=O)NC(C)c3ccc(C#N)cc3)C2)cc1. The van der Waals surface area contributed by atoms with Gasteiger partial charge in [-0.15, -0.1) is 0 Å². The predicted molar refractivity (Wildman–Crippen MR) is 108 cm³/mol. The van der Waals surface area contributed by atoms with E-state index in [2.05, 4.69) is 11.4 Å². The van der Waals surface area contributed by atoms with Crippen LogP contribution in [0.25, 0.3) is 0 Å². The molecule has 0 spiro atoms. The molecule has 1 saturated heterocycles. The van der Waals surface area contributed by atoms with Crippen molar-refractivity contribution in [1.29, 1.82) is 5.26 Å². The van der Waals surface area contributed by atoms with E-state index in [1.54, 1.807) is 17.0 Å². The molecule has 1 aliphatic heterocycles. The normalized spacial score (nSPS) is 17.5. The maximum absolute atomic E-state index is 12.8. The zero-order valence-electron chi connectivity index (χ0n) is 16.3. The van der Waals surface area contributed by atoms with Gasteiger partial charge in [-0.3, -0.25) is 9.59 Å². The van der Waals surface area contributed by atoms with Gasteiger partial charge in [0.05, 0.1) is 23.6 Å². The van der Waals surface area contributed by atoms with E-state index in [4.69, 9.17) is 5.26 Å². The third-order valence-electron chi connectivity index (χ3n) is 5.28. The highest BCUT2D eigenvalue weighted by atomic mass is 16.2. The Bertz CT molecular complexity index is 882. The minimum atomic E-state index is -0.205. The fraction of sp³-hybridized carbons (Fsp3) is 0.348. The largest absolute Gasteiger partial charge is 0.349 e. The van der Waals surface area contributed by atoms with Crippen molar-refractivity contribution in [2.24, 2.45) is 5.92 Å². The van der Waals surface area contributed by atoms with Crippen LogP contribution in [-0.2, 0) is 4.79 Å². The summed E-state index contributed by atoms with van der Waals surface area (Å²) in [6.45, 7) is 5.04. The third kappa shape index (κ3) is 4.58. The molecule has 1 fully saturated rings. The van der Waals surface area contributed by atoms with Crippen molar-refractivity contribution in [3.05, 3.63) is 70.8 Å². The molecule has 1 aliphatic rings. The number of likely N-dealkylation sites (tertiary alicyclic amines) is 1. The van der Waals surface area contributed by atoms with Gasteiger partial charge in [0.2, 0.25) is 5.91 Å². The molecule has 2 aromatic carbocycles. The van der Waals surface area contributed by atoms with Crippen molar-refractivity contribution in [3.63, 3.8) is 0 Å². The molecule has 2 unspecified atom stereocenters. The lowest BCUT2D eigenvalue weighted by Gasteiger charge is -2.32. The van der Waals surface area contributed by atoms with Gasteiger partial charge in [0.1, 0.15) is 0 Å². The second-order valence-electron chi connectivity index (χ2n) is 7.42. The number of rotatable bonds is 4. The van der Waals surface area contributed by atoms with Crippen LogP contribution >= 0.6 is 0 Å². The van der Waals surface area contributed by atoms with Crippen LogP contribution in [0.3, 0.4) is 0 Å². The number of carbonyl (C=O) groups is 2. The Hall–Kier alpha value is -3.13. The summed E-state index contributed by atoms with van der Waals surface area (Å²) < 4.78 is 0. The molecule has 1 heterocycles. The molecule has 1 N–H and O–H groups in total. The van der Waals surface area contributed by atoms with Gasteiger partial charge >= 0.3 is 0 Å². The summed E-state index contributed by atoms with van der Waals surface area (Å²) in [6, 6.07) is 16.7. The first-order valence-corrected chi connectivity index (χ1v) is 9.64. The van der Waals surface area contributed by atoms with Crippen LogP contribution in [0.2, 0.25) is 0 Å². The Morgan fingerprint density at radius 2 is 1.82 bits per heavy atom. The van der Waals surface area contributed by atoms with E-state index < -0.39 is 0 Å². The van der Waals surface area contributed by atoms with Crippen LogP contribution in [0.15, 0.2) is 48.5 Å². The second kappa shape index (κ2) is 8.71. The molecular weight excluding hydrogens is 350 g/mol. The molecule has 0 aromatic heterocycles. The maximum Gasteiger partial charge on any atom is 0.253 e. The molecule has 0 aliphatic carbocycles. The van der Waals surface area contributed by atoms with Crippen LogP contribution in [0, 0.1) is 24.2 Å². The summed E-state index contributed by atoms with van der Waals surface area (Å²) in [5, 5.41) is 11.9. The second-order valence-corrected chi connectivity index (χ2v) is 7.42. The number of carbonyl (C=O) groups excluding carboxylic acids is 2. The number of aryl methyl sites for hydroxylation is 1. The average Bonchev–Trinajstić information content (AvgIpc) is 2.74. The first kappa shape index (κ1) is 19.6. The highest BCUT2D eigenvalue weighted by Crippen LogP contribution is 2.21. The van der Waals surface area contributed by atoms with E-state index in [1.807, 2.05) is 50.2 Å². The van der Waals surface area contributed by atoms with Crippen LogP contribution in [-0.4, -0.2) is 29.8 Å². The number of nitrogens with one attached hydrogen (secondary N) is 1. The summed E-state index contributed by atoms with van der Waals surface area (Å²) >= 11 is 0. The first-order chi connectivity index (χ1) is 13.5. The molecule has 0 saturated carbocycles. The minimum absolute atomic E-state index is 0.0161. The van der Waals surface area contributed by atoms with Gasteiger partial charge < -0.3 is 10.2 Å². The molecule has 144 valence electrons. The van der Waals surface area contributed by atoms with Gasteiger partial charge in [0.25, 0.3) is 5.91 Å². The minimum Gasteiger partial charge on any atom is -0.349 e. The summed E-state index contributed by atoms with van der Waals surface area (Å²) in [5.74, 6) is -0.250. The predicted octanol–water partition coefficient (Wildman–Crippen LogP) is 3.60. The number of piperidine rings is 1. The van der Waals surface area contributed by atoms with Crippen molar-refractivity contribution in [2.75, 3.05) is 13.1 Å². The first-order valence-electron chi connectivity index (χ1n) is 9.64. The number of nitrogens with zero attached hydrogens (tertiary/aromatic N) is 2. The van der Waals surface area contributed by atoms with E-state index in [0.29, 0.717) is 24.2 Å². The molecule has 0 bridgehead atoms. The molecule has 2 aromatic rings. The van der Waals surface area contributed by atoms with Gasteiger partial charge in [-0.05, 0) is 56.5 Å². The van der Waals surface area contributed by atoms with E-state index in [9.17, 15) is 9.59 Å². The van der Waals surface area contributed by atoms with Crippen molar-refractivity contribution in [1.82, 2.24) is 10.2 Å². The van der Waals surface area contributed by atoms with Gasteiger partial charge in [-0.1, -0.05) is 29.8 Å². The number of hydrogen-bond acceptors (Lipinski definition) is 3. The molecular formula is C23H25N3O2. The van der Waals surface area contributed by atoms with Crippen molar-refractivity contribution < 1.29 is 9.59 Å². The topological polar surface area (TPSA) is 73.2 Å².